The van der Waals surface area contributed by atoms with Crippen molar-refractivity contribution in [3.05, 3.63) is 48.0 Å². The third-order valence-electron chi connectivity index (χ3n) is 2.68. The van der Waals surface area contributed by atoms with Gasteiger partial charge >= 0.3 is 0 Å². The van der Waals surface area contributed by atoms with E-state index >= 15 is 0 Å². The number of fused-ring (bicyclic) bond motifs is 1. The summed E-state index contributed by atoms with van der Waals surface area (Å²) in [6.45, 7) is 2.09. The van der Waals surface area contributed by atoms with Crippen LogP contribution in [-0.2, 0) is 0 Å². The molecule has 84 valence electrons. The summed E-state index contributed by atoms with van der Waals surface area (Å²) >= 11 is 1.70. The van der Waals surface area contributed by atoms with E-state index in [9.17, 15) is 0 Å². The Labute approximate surface area is 104 Å². The van der Waals surface area contributed by atoms with Gasteiger partial charge in [0.15, 0.2) is 0 Å². The number of rotatable bonds is 1. The lowest BCUT2D eigenvalue weighted by atomic mass is 10.1. The molecule has 0 radical (unpaired) electrons. The second kappa shape index (κ2) is 3.86. The van der Waals surface area contributed by atoms with Crippen molar-refractivity contribution in [3.63, 3.8) is 0 Å². The lowest BCUT2D eigenvalue weighted by Gasteiger charge is -1.96. The average molecular weight is 240 g/mol. The molecule has 1 aromatic heterocycles. The minimum atomic E-state index is 0.763. The van der Waals surface area contributed by atoms with E-state index in [2.05, 4.69) is 36.2 Å². The maximum atomic E-state index is 5.76. The van der Waals surface area contributed by atoms with Crippen molar-refractivity contribution in [3.8, 4) is 10.6 Å². The van der Waals surface area contributed by atoms with Crippen molar-refractivity contribution < 1.29 is 0 Å². The van der Waals surface area contributed by atoms with Gasteiger partial charge in [-0.1, -0.05) is 23.8 Å². The molecule has 0 aliphatic heterocycles. The largest absolute Gasteiger partial charge is 0.399 e. The van der Waals surface area contributed by atoms with Crippen molar-refractivity contribution in [1.82, 2.24) is 4.98 Å². The summed E-state index contributed by atoms with van der Waals surface area (Å²) in [4.78, 5) is 4.62. The van der Waals surface area contributed by atoms with Gasteiger partial charge in [-0.2, -0.15) is 0 Å². The Kier molecular flexibility index (Phi) is 2.34. The van der Waals surface area contributed by atoms with Crippen molar-refractivity contribution in [1.29, 1.82) is 0 Å². The second-order valence-electron chi connectivity index (χ2n) is 4.12. The van der Waals surface area contributed by atoms with Gasteiger partial charge in [-0.05, 0) is 31.2 Å². The molecule has 0 unspecified atom stereocenters. The highest BCUT2D eigenvalue weighted by Gasteiger charge is 2.06. The highest BCUT2D eigenvalue weighted by Crippen LogP contribution is 2.31. The third-order valence-corrected chi connectivity index (χ3v) is 3.76. The average Bonchev–Trinajstić information content (AvgIpc) is 2.72. The van der Waals surface area contributed by atoms with Crippen molar-refractivity contribution in [2.45, 2.75) is 6.92 Å². The molecule has 0 aliphatic carbocycles. The number of hydrogen-bond acceptors (Lipinski definition) is 3. The molecule has 3 heteroatoms. The van der Waals surface area contributed by atoms with Crippen LogP contribution in [0.4, 0.5) is 5.69 Å². The SMILES string of the molecule is Cc1cccc(-c2nc3cc(N)ccc3s2)c1. The van der Waals surface area contributed by atoms with E-state index in [0.29, 0.717) is 0 Å². The van der Waals surface area contributed by atoms with Crippen LogP contribution in [-0.4, -0.2) is 4.98 Å². The van der Waals surface area contributed by atoms with Crippen LogP contribution >= 0.6 is 11.3 Å². The van der Waals surface area contributed by atoms with Gasteiger partial charge in [-0.3, -0.25) is 0 Å². The molecule has 0 saturated heterocycles. The van der Waals surface area contributed by atoms with E-state index in [0.717, 1.165) is 16.2 Å². The van der Waals surface area contributed by atoms with Crippen LogP contribution in [0.1, 0.15) is 5.56 Å². The highest BCUT2D eigenvalue weighted by atomic mass is 32.1. The van der Waals surface area contributed by atoms with Gasteiger partial charge in [-0.25, -0.2) is 4.98 Å². The minimum Gasteiger partial charge on any atom is -0.399 e. The van der Waals surface area contributed by atoms with Crippen molar-refractivity contribution in [2.24, 2.45) is 0 Å². The minimum absolute atomic E-state index is 0.763. The molecule has 0 aliphatic rings. The van der Waals surface area contributed by atoms with Gasteiger partial charge in [-0.15, -0.1) is 11.3 Å². The molecule has 0 bridgehead atoms. The van der Waals surface area contributed by atoms with Crippen molar-refractivity contribution in [2.75, 3.05) is 5.73 Å². The molecule has 17 heavy (non-hydrogen) atoms. The summed E-state index contributed by atoms with van der Waals surface area (Å²) in [5.41, 5.74) is 9.92. The van der Waals surface area contributed by atoms with E-state index in [1.807, 2.05) is 18.2 Å². The summed E-state index contributed by atoms with van der Waals surface area (Å²) in [5.74, 6) is 0. The summed E-state index contributed by atoms with van der Waals surface area (Å²) < 4.78 is 1.18. The van der Waals surface area contributed by atoms with Crippen LogP contribution in [0.25, 0.3) is 20.8 Å². The van der Waals surface area contributed by atoms with E-state index in [1.165, 1.54) is 15.8 Å². The third kappa shape index (κ3) is 1.89. The van der Waals surface area contributed by atoms with Crippen LogP contribution in [0.2, 0.25) is 0 Å². The van der Waals surface area contributed by atoms with Gasteiger partial charge < -0.3 is 5.73 Å². The molecule has 0 amide bonds. The number of benzene rings is 2. The number of aryl methyl sites for hydroxylation is 1. The van der Waals surface area contributed by atoms with E-state index in [4.69, 9.17) is 5.73 Å². The number of thiazole rings is 1. The van der Waals surface area contributed by atoms with Gasteiger partial charge in [0.05, 0.1) is 10.2 Å². The predicted octanol–water partition coefficient (Wildman–Crippen LogP) is 3.85. The Morgan fingerprint density at radius 2 is 2.00 bits per heavy atom. The zero-order valence-corrected chi connectivity index (χ0v) is 10.3. The Morgan fingerprint density at radius 1 is 1.12 bits per heavy atom. The molecule has 0 spiro atoms. The van der Waals surface area contributed by atoms with Gasteiger partial charge in [0.1, 0.15) is 5.01 Å². The first-order chi connectivity index (χ1) is 8.22. The molecular formula is C14H12N2S. The van der Waals surface area contributed by atoms with Gasteiger partial charge in [0, 0.05) is 11.3 Å². The number of anilines is 1. The zero-order chi connectivity index (χ0) is 11.8. The molecule has 2 aromatic carbocycles. The Bertz CT molecular complexity index is 686. The van der Waals surface area contributed by atoms with Crippen LogP contribution in [0.3, 0.4) is 0 Å². The maximum absolute atomic E-state index is 5.76. The molecule has 3 rings (SSSR count). The van der Waals surface area contributed by atoms with Crippen molar-refractivity contribution >= 4 is 27.2 Å². The Balaban J connectivity index is 2.18. The van der Waals surface area contributed by atoms with E-state index in [1.54, 1.807) is 11.3 Å². The molecule has 3 aromatic rings. The maximum Gasteiger partial charge on any atom is 0.124 e. The quantitative estimate of drug-likeness (QED) is 0.656. The first-order valence-electron chi connectivity index (χ1n) is 5.45. The molecule has 2 nitrogen and oxygen atoms in total. The Hall–Kier alpha value is -1.87. The van der Waals surface area contributed by atoms with Crippen LogP contribution in [0.5, 0.6) is 0 Å². The number of hydrogen-bond donors (Lipinski definition) is 1. The molecule has 1 heterocycles. The fraction of sp³-hybridized carbons (Fsp3) is 0.0714. The summed E-state index contributed by atoms with van der Waals surface area (Å²) in [6.07, 6.45) is 0. The standard InChI is InChI=1S/C14H12N2S/c1-9-3-2-4-10(7-9)14-16-12-8-11(15)5-6-13(12)17-14/h2-8H,15H2,1H3. The van der Waals surface area contributed by atoms with Crippen LogP contribution in [0, 0.1) is 6.92 Å². The topological polar surface area (TPSA) is 38.9 Å². The number of nitrogens with zero attached hydrogens (tertiary/aromatic N) is 1. The second-order valence-corrected chi connectivity index (χ2v) is 5.15. The first kappa shape index (κ1) is 10.3. The molecule has 0 atom stereocenters. The Morgan fingerprint density at radius 3 is 2.82 bits per heavy atom. The van der Waals surface area contributed by atoms with E-state index in [-0.39, 0.29) is 0 Å². The fourth-order valence-corrected chi connectivity index (χ4v) is 2.79. The van der Waals surface area contributed by atoms with Crippen LogP contribution < -0.4 is 5.73 Å². The summed E-state index contributed by atoms with van der Waals surface area (Å²) in [6, 6.07) is 14.3. The van der Waals surface area contributed by atoms with E-state index < -0.39 is 0 Å². The first-order valence-corrected chi connectivity index (χ1v) is 6.27. The lowest BCUT2D eigenvalue weighted by Crippen LogP contribution is -1.82. The monoisotopic (exact) mass is 240 g/mol. The summed E-state index contributed by atoms with van der Waals surface area (Å²) in [5, 5.41) is 1.05. The molecule has 2 N–H and O–H groups in total. The van der Waals surface area contributed by atoms with Gasteiger partial charge in [0.2, 0.25) is 0 Å². The normalized spacial score (nSPS) is 10.9. The lowest BCUT2D eigenvalue weighted by molar-refractivity contribution is 1.43. The predicted molar refractivity (Wildman–Crippen MR) is 74.2 cm³/mol. The number of aromatic nitrogens is 1. The number of nitrogen functional groups attached to an aromatic ring is 1. The zero-order valence-electron chi connectivity index (χ0n) is 9.47. The molecular weight excluding hydrogens is 228 g/mol. The highest BCUT2D eigenvalue weighted by molar-refractivity contribution is 7.21. The van der Waals surface area contributed by atoms with Crippen LogP contribution in [0.15, 0.2) is 42.5 Å². The fourth-order valence-electron chi connectivity index (χ4n) is 1.85. The number of nitrogens with two attached hydrogens (primary N) is 1. The molecule has 0 fully saturated rings. The van der Waals surface area contributed by atoms with Gasteiger partial charge in [0.25, 0.3) is 0 Å². The summed E-state index contributed by atoms with van der Waals surface area (Å²) in [7, 11) is 0. The molecule has 0 saturated carbocycles. The smallest absolute Gasteiger partial charge is 0.124 e.